The van der Waals surface area contributed by atoms with Gasteiger partial charge in [-0.1, -0.05) is 6.92 Å². The van der Waals surface area contributed by atoms with Gasteiger partial charge in [-0.2, -0.15) is 5.10 Å². The maximum absolute atomic E-state index is 12.1. The molecule has 0 radical (unpaired) electrons. The highest BCUT2D eigenvalue weighted by molar-refractivity contribution is 6.06. The fraction of sp³-hybridized carbons (Fsp3) is 0.545. The molecule has 98 valence electrons. The molecule has 3 amide bonds. The highest BCUT2D eigenvalue weighted by atomic mass is 16.2. The van der Waals surface area contributed by atoms with E-state index in [1.807, 2.05) is 6.92 Å². The molecule has 1 aromatic rings. The van der Waals surface area contributed by atoms with E-state index in [1.165, 1.54) is 4.90 Å². The number of hydrogen-bond acceptors (Lipinski definition) is 4. The Hall–Kier alpha value is -2.05. The minimum absolute atomic E-state index is 0.185. The molecule has 1 aliphatic heterocycles. The Kier molecular flexibility index (Phi) is 2.98. The summed E-state index contributed by atoms with van der Waals surface area (Å²) in [6.07, 6.45) is 2.29. The van der Waals surface area contributed by atoms with Gasteiger partial charge < -0.3 is 11.1 Å². The Labute approximate surface area is 105 Å². The lowest BCUT2D eigenvalue weighted by Gasteiger charge is -2.19. The lowest BCUT2D eigenvalue weighted by molar-refractivity contribution is -0.130. The Bertz CT molecular complexity index is 484. The van der Waals surface area contributed by atoms with E-state index in [0.717, 1.165) is 0 Å². The first-order valence-electron chi connectivity index (χ1n) is 5.89. The Morgan fingerprint density at radius 3 is 2.67 bits per heavy atom. The average molecular weight is 251 g/mol. The van der Waals surface area contributed by atoms with Gasteiger partial charge in [0.15, 0.2) is 0 Å². The first kappa shape index (κ1) is 12.4. The van der Waals surface area contributed by atoms with Gasteiger partial charge in [-0.3, -0.25) is 14.4 Å². The van der Waals surface area contributed by atoms with E-state index in [1.54, 1.807) is 23.9 Å². The van der Waals surface area contributed by atoms with Crippen LogP contribution in [0, 0.1) is 0 Å². The van der Waals surface area contributed by atoms with E-state index >= 15 is 0 Å². The summed E-state index contributed by atoms with van der Waals surface area (Å²) >= 11 is 0. The van der Waals surface area contributed by atoms with E-state index in [4.69, 9.17) is 5.73 Å². The van der Waals surface area contributed by atoms with Crippen LogP contribution in [0.1, 0.15) is 20.3 Å². The number of nitrogens with two attached hydrogens (primary N) is 1. The minimum atomic E-state index is -0.778. The van der Waals surface area contributed by atoms with Crippen LogP contribution in [0.25, 0.3) is 0 Å². The lowest BCUT2D eigenvalue weighted by atomic mass is 9.99. The van der Waals surface area contributed by atoms with Gasteiger partial charge in [0.1, 0.15) is 11.4 Å². The Balaban J connectivity index is 2.02. The second kappa shape index (κ2) is 4.32. The number of rotatable bonds is 4. The van der Waals surface area contributed by atoms with E-state index in [9.17, 15) is 9.59 Å². The second-order valence-electron chi connectivity index (χ2n) is 4.58. The number of hydrogen-bond donors (Lipinski definition) is 2. The second-order valence-corrected chi connectivity index (χ2v) is 4.58. The molecule has 7 nitrogen and oxygen atoms in total. The van der Waals surface area contributed by atoms with Gasteiger partial charge in [-0.25, -0.2) is 4.79 Å². The van der Waals surface area contributed by atoms with Crippen LogP contribution >= 0.6 is 0 Å². The maximum atomic E-state index is 12.1. The van der Waals surface area contributed by atoms with Crippen LogP contribution in [0.3, 0.4) is 0 Å². The Morgan fingerprint density at radius 1 is 1.44 bits per heavy atom. The number of urea groups is 1. The predicted molar refractivity (Wildman–Crippen MR) is 65.6 cm³/mol. The summed E-state index contributed by atoms with van der Waals surface area (Å²) < 4.78 is 1.61. The largest absolute Gasteiger partial charge is 0.382 e. The Morgan fingerprint density at radius 2 is 2.17 bits per heavy atom. The molecule has 2 rings (SSSR count). The number of aromatic nitrogens is 2. The van der Waals surface area contributed by atoms with Crippen molar-refractivity contribution in [3.63, 3.8) is 0 Å². The number of carbonyl (C=O) groups excluding carboxylic acids is 2. The molecule has 0 aromatic carbocycles. The van der Waals surface area contributed by atoms with Crippen LogP contribution in [-0.4, -0.2) is 38.7 Å². The van der Waals surface area contributed by atoms with Crippen molar-refractivity contribution in [3.8, 4) is 0 Å². The summed E-state index contributed by atoms with van der Waals surface area (Å²) in [5.74, 6) is 0.237. The molecule has 1 saturated heterocycles. The van der Waals surface area contributed by atoms with Crippen molar-refractivity contribution >= 4 is 17.8 Å². The normalized spacial score (nSPS) is 23.6. The van der Waals surface area contributed by atoms with Crippen molar-refractivity contribution in [2.24, 2.45) is 0 Å². The van der Waals surface area contributed by atoms with Crippen LogP contribution in [0.15, 0.2) is 12.3 Å². The molecule has 7 heteroatoms. The quantitative estimate of drug-likeness (QED) is 0.747. The first-order valence-corrected chi connectivity index (χ1v) is 5.89. The molecule has 18 heavy (non-hydrogen) atoms. The van der Waals surface area contributed by atoms with Crippen molar-refractivity contribution in [3.05, 3.63) is 12.3 Å². The first-order chi connectivity index (χ1) is 8.46. The van der Waals surface area contributed by atoms with Crippen molar-refractivity contribution in [2.45, 2.75) is 32.4 Å². The zero-order chi connectivity index (χ0) is 13.3. The van der Waals surface area contributed by atoms with Crippen molar-refractivity contribution in [2.75, 3.05) is 12.3 Å². The highest BCUT2D eigenvalue weighted by Gasteiger charge is 2.46. The van der Waals surface area contributed by atoms with Gasteiger partial charge >= 0.3 is 6.03 Å². The molecular formula is C11H17N5O2. The number of nitrogens with one attached hydrogen (secondary N) is 1. The number of nitrogens with zero attached hydrogens (tertiary/aromatic N) is 3. The SMILES string of the molecule is CCC1(C)NC(=O)N(CCn2ccc(N)n2)C1=O. The third kappa shape index (κ3) is 2.03. The number of imide groups is 1. The number of carbonyl (C=O) groups is 2. The summed E-state index contributed by atoms with van der Waals surface area (Å²) in [5.41, 5.74) is 4.71. The monoisotopic (exact) mass is 251 g/mol. The van der Waals surface area contributed by atoms with Crippen LogP contribution in [0.4, 0.5) is 10.6 Å². The molecule has 3 N–H and O–H groups in total. The fourth-order valence-corrected chi connectivity index (χ4v) is 1.89. The molecule has 0 saturated carbocycles. The van der Waals surface area contributed by atoms with E-state index in [-0.39, 0.29) is 11.9 Å². The van der Waals surface area contributed by atoms with E-state index < -0.39 is 5.54 Å². The van der Waals surface area contributed by atoms with Gasteiger partial charge in [-0.05, 0) is 19.4 Å². The zero-order valence-corrected chi connectivity index (χ0v) is 10.5. The highest BCUT2D eigenvalue weighted by Crippen LogP contribution is 2.20. The third-order valence-corrected chi connectivity index (χ3v) is 3.27. The molecule has 0 aliphatic carbocycles. The van der Waals surface area contributed by atoms with Gasteiger partial charge in [-0.15, -0.1) is 0 Å². The summed E-state index contributed by atoms with van der Waals surface area (Å²) in [6.45, 7) is 4.34. The van der Waals surface area contributed by atoms with Gasteiger partial charge in [0.05, 0.1) is 13.1 Å². The van der Waals surface area contributed by atoms with Gasteiger partial charge in [0, 0.05) is 6.20 Å². The molecular weight excluding hydrogens is 234 g/mol. The molecule has 1 fully saturated rings. The number of amides is 3. The summed E-state index contributed by atoms with van der Waals surface area (Å²) in [4.78, 5) is 25.0. The molecule has 0 spiro atoms. The topological polar surface area (TPSA) is 93.2 Å². The summed E-state index contributed by atoms with van der Waals surface area (Å²) in [5, 5.41) is 6.71. The van der Waals surface area contributed by atoms with Gasteiger partial charge in [0.25, 0.3) is 5.91 Å². The maximum Gasteiger partial charge on any atom is 0.325 e. The zero-order valence-electron chi connectivity index (χ0n) is 10.5. The van der Waals surface area contributed by atoms with Crippen LogP contribution in [0.2, 0.25) is 0 Å². The van der Waals surface area contributed by atoms with Crippen molar-refractivity contribution in [1.82, 2.24) is 20.0 Å². The lowest BCUT2D eigenvalue weighted by Crippen LogP contribution is -2.43. The summed E-state index contributed by atoms with van der Waals surface area (Å²) in [6, 6.07) is 1.33. The molecule has 2 heterocycles. The van der Waals surface area contributed by atoms with Gasteiger partial charge in [0.2, 0.25) is 0 Å². The van der Waals surface area contributed by atoms with Crippen LogP contribution < -0.4 is 11.1 Å². The predicted octanol–water partition coefficient (Wildman–Crippen LogP) is 0.186. The third-order valence-electron chi connectivity index (χ3n) is 3.27. The molecule has 1 unspecified atom stereocenters. The van der Waals surface area contributed by atoms with E-state index in [0.29, 0.717) is 25.3 Å². The summed E-state index contributed by atoms with van der Waals surface area (Å²) in [7, 11) is 0. The van der Waals surface area contributed by atoms with Crippen molar-refractivity contribution < 1.29 is 9.59 Å². The molecule has 1 aliphatic rings. The van der Waals surface area contributed by atoms with Crippen LogP contribution in [-0.2, 0) is 11.3 Å². The molecule has 1 aromatic heterocycles. The number of anilines is 1. The smallest absolute Gasteiger partial charge is 0.325 e. The number of nitrogen functional groups attached to an aromatic ring is 1. The molecule has 1 atom stereocenters. The average Bonchev–Trinajstić information content (AvgIpc) is 2.82. The minimum Gasteiger partial charge on any atom is -0.382 e. The fourth-order valence-electron chi connectivity index (χ4n) is 1.89. The standard InChI is InChI=1S/C11H17N5O2/c1-3-11(2)9(17)16(10(18)13-11)7-6-15-5-4-8(12)14-15/h4-5H,3,6-7H2,1-2H3,(H2,12,14)(H,13,18). The van der Waals surface area contributed by atoms with Crippen LogP contribution in [0.5, 0.6) is 0 Å². The van der Waals surface area contributed by atoms with E-state index in [2.05, 4.69) is 10.4 Å². The van der Waals surface area contributed by atoms with Crippen molar-refractivity contribution in [1.29, 1.82) is 0 Å². The molecule has 0 bridgehead atoms.